The maximum Gasteiger partial charge on any atom is 0.278 e. The average Bonchev–Trinajstić information content (AvgIpc) is 2.84. The molecule has 1 aliphatic rings. The monoisotopic (exact) mass is 317 g/mol. The lowest BCUT2D eigenvalue weighted by Gasteiger charge is -2.06. The molecule has 0 saturated heterocycles. The van der Waals surface area contributed by atoms with Gasteiger partial charge in [0.15, 0.2) is 0 Å². The van der Waals surface area contributed by atoms with Crippen molar-refractivity contribution in [3.63, 3.8) is 0 Å². The van der Waals surface area contributed by atoms with E-state index in [0.717, 1.165) is 0 Å². The topological polar surface area (TPSA) is 126 Å². The molecule has 0 saturated carbocycles. The van der Waals surface area contributed by atoms with Crippen LogP contribution in [0.4, 0.5) is 5.69 Å². The molecule has 120 valence electrons. The van der Waals surface area contributed by atoms with Crippen LogP contribution in [0, 0.1) is 16.0 Å². The van der Waals surface area contributed by atoms with E-state index in [-0.39, 0.29) is 29.5 Å². The molecule has 9 heteroatoms. The van der Waals surface area contributed by atoms with Crippen LogP contribution in [0.2, 0.25) is 0 Å². The smallest absolute Gasteiger partial charge is 0.273 e. The SMILES string of the molecule is CC1=NNC(=O)C1CCC(=O)NN=Cc1ccccc1[N+](=O)[O-]. The van der Waals surface area contributed by atoms with Crippen LogP contribution in [-0.4, -0.2) is 28.7 Å². The van der Waals surface area contributed by atoms with Crippen LogP contribution < -0.4 is 10.9 Å². The zero-order chi connectivity index (χ0) is 16.8. The number of hydrogen-bond donors (Lipinski definition) is 2. The van der Waals surface area contributed by atoms with Gasteiger partial charge in [0, 0.05) is 18.2 Å². The van der Waals surface area contributed by atoms with Gasteiger partial charge in [0.1, 0.15) is 0 Å². The number of benzene rings is 1. The number of hydrazone groups is 2. The Kier molecular flexibility index (Phi) is 5.13. The zero-order valence-corrected chi connectivity index (χ0v) is 12.4. The molecule has 2 rings (SSSR count). The molecule has 1 aliphatic heterocycles. The van der Waals surface area contributed by atoms with E-state index >= 15 is 0 Å². The van der Waals surface area contributed by atoms with E-state index in [4.69, 9.17) is 0 Å². The zero-order valence-electron chi connectivity index (χ0n) is 12.4. The van der Waals surface area contributed by atoms with Crippen molar-refractivity contribution >= 4 is 29.4 Å². The number of carbonyl (C=O) groups is 2. The van der Waals surface area contributed by atoms with E-state index in [1.54, 1.807) is 19.1 Å². The molecule has 1 heterocycles. The number of amides is 2. The maximum absolute atomic E-state index is 11.7. The van der Waals surface area contributed by atoms with Crippen molar-refractivity contribution in [2.24, 2.45) is 16.1 Å². The first kappa shape index (κ1) is 16.3. The van der Waals surface area contributed by atoms with E-state index in [1.807, 2.05) is 0 Å². The van der Waals surface area contributed by atoms with Gasteiger partial charge in [0.25, 0.3) is 5.69 Å². The number of para-hydroxylation sites is 1. The van der Waals surface area contributed by atoms with E-state index in [0.29, 0.717) is 12.1 Å². The van der Waals surface area contributed by atoms with Crippen LogP contribution in [0.3, 0.4) is 0 Å². The summed E-state index contributed by atoms with van der Waals surface area (Å²) < 4.78 is 0. The Bertz CT molecular complexity index is 698. The number of carbonyl (C=O) groups excluding carboxylic acids is 2. The van der Waals surface area contributed by atoms with Gasteiger partial charge in [-0.25, -0.2) is 10.9 Å². The minimum absolute atomic E-state index is 0.0964. The molecule has 0 bridgehead atoms. The highest BCUT2D eigenvalue weighted by atomic mass is 16.6. The molecule has 2 N–H and O–H groups in total. The molecule has 0 spiro atoms. The fraction of sp³-hybridized carbons (Fsp3) is 0.286. The standard InChI is InChI=1S/C14H15N5O4/c1-9-11(14(21)18-16-9)6-7-13(20)17-15-8-10-4-2-3-5-12(10)19(22)23/h2-5,8,11H,6-7H2,1H3,(H,17,20)(H,18,21). The first-order valence-corrected chi connectivity index (χ1v) is 6.88. The molecular weight excluding hydrogens is 302 g/mol. The van der Waals surface area contributed by atoms with Gasteiger partial charge in [-0.15, -0.1) is 0 Å². The molecule has 0 aliphatic carbocycles. The van der Waals surface area contributed by atoms with Crippen LogP contribution in [0.5, 0.6) is 0 Å². The number of nitro benzene ring substituents is 1. The lowest BCUT2D eigenvalue weighted by molar-refractivity contribution is -0.385. The molecule has 9 nitrogen and oxygen atoms in total. The van der Waals surface area contributed by atoms with Crippen molar-refractivity contribution in [1.82, 2.24) is 10.9 Å². The van der Waals surface area contributed by atoms with Crippen LogP contribution in [0.1, 0.15) is 25.3 Å². The summed E-state index contributed by atoms with van der Waals surface area (Å²) in [6.07, 6.45) is 1.64. The Morgan fingerprint density at radius 1 is 1.52 bits per heavy atom. The van der Waals surface area contributed by atoms with Gasteiger partial charge in [-0.3, -0.25) is 19.7 Å². The molecule has 0 fully saturated rings. The highest BCUT2D eigenvalue weighted by Gasteiger charge is 2.26. The van der Waals surface area contributed by atoms with Crippen LogP contribution in [0.25, 0.3) is 0 Å². The van der Waals surface area contributed by atoms with Crippen LogP contribution >= 0.6 is 0 Å². The molecule has 2 amide bonds. The van der Waals surface area contributed by atoms with Crippen molar-refractivity contribution in [3.8, 4) is 0 Å². The minimum atomic E-state index is -0.524. The Labute approximate surface area is 131 Å². The van der Waals surface area contributed by atoms with Crippen LogP contribution in [0.15, 0.2) is 34.5 Å². The number of nitro groups is 1. The van der Waals surface area contributed by atoms with E-state index in [2.05, 4.69) is 21.1 Å². The normalized spacial score (nSPS) is 17.0. The van der Waals surface area contributed by atoms with Crippen molar-refractivity contribution in [2.75, 3.05) is 0 Å². The largest absolute Gasteiger partial charge is 0.278 e. The lowest BCUT2D eigenvalue weighted by atomic mass is 9.99. The number of rotatable bonds is 6. The number of hydrogen-bond acceptors (Lipinski definition) is 6. The maximum atomic E-state index is 11.7. The lowest BCUT2D eigenvalue weighted by Crippen LogP contribution is -2.25. The van der Waals surface area contributed by atoms with Gasteiger partial charge in [-0.05, 0) is 19.4 Å². The molecular formula is C14H15N5O4. The first-order valence-electron chi connectivity index (χ1n) is 6.88. The van der Waals surface area contributed by atoms with Gasteiger partial charge < -0.3 is 0 Å². The van der Waals surface area contributed by atoms with Gasteiger partial charge in [-0.1, -0.05) is 12.1 Å². The highest BCUT2D eigenvalue weighted by Crippen LogP contribution is 2.15. The summed E-state index contributed by atoms with van der Waals surface area (Å²) in [6.45, 7) is 1.72. The highest BCUT2D eigenvalue weighted by molar-refractivity contribution is 6.07. The summed E-state index contributed by atoms with van der Waals surface area (Å²) in [7, 11) is 0. The third-order valence-electron chi connectivity index (χ3n) is 3.35. The molecule has 1 aromatic rings. The van der Waals surface area contributed by atoms with Crippen LogP contribution in [-0.2, 0) is 9.59 Å². The summed E-state index contributed by atoms with van der Waals surface area (Å²) >= 11 is 0. The minimum Gasteiger partial charge on any atom is -0.273 e. The van der Waals surface area contributed by atoms with Crippen molar-refractivity contribution in [1.29, 1.82) is 0 Å². The van der Waals surface area contributed by atoms with E-state index in [1.165, 1.54) is 18.3 Å². The fourth-order valence-corrected chi connectivity index (χ4v) is 2.10. The summed E-state index contributed by atoms with van der Waals surface area (Å²) in [4.78, 5) is 33.5. The van der Waals surface area contributed by atoms with Gasteiger partial charge in [0.2, 0.25) is 11.8 Å². The second kappa shape index (κ2) is 7.25. The van der Waals surface area contributed by atoms with Crippen molar-refractivity contribution in [3.05, 3.63) is 39.9 Å². The molecule has 1 unspecified atom stereocenters. The number of nitrogens with zero attached hydrogens (tertiary/aromatic N) is 3. The van der Waals surface area contributed by atoms with Gasteiger partial charge in [-0.2, -0.15) is 10.2 Å². The average molecular weight is 317 g/mol. The van der Waals surface area contributed by atoms with Gasteiger partial charge in [0.05, 0.1) is 22.6 Å². The predicted molar refractivity (Wildman–Crippen MR) is 82.8 cm³/mol. The molecule has 0 aromatic heterocycles. The third-order valence-corrected chi connectivity index (χ3v) is 3.35. The van der Waals surface area contributed by atoms with E-state index < -0.39 is 10.8 Å². The van der Waals surface area contributed by atoms with E-state index in [9.17, 15) is 19.7 Å². The summed E-state index contributed by atoms with van der Waals surface area (Å²) in [5.41, 5.74) is 5.47. The Morgan fingerprint density at radius 3 is 2.91 bits per heavy atom. The Morgan fingerprint density at radius 2 is 2.26 bits per heavy atom. The molecule has 0 radical (unpaired) electrons. The quantitative estimate of drug-likeness (QED) is 0.460. The fourth-order valence-electron chi connectivity index (χ4n) is 2.10. The second-order valence-electron chi connectivity index (χ2n) is 4.93. The van der Waals surface area contributed by atoms with Crippen molar-refractivity contribution < 1.29 is 14.5 Å². The van der Waals surface area contributed by atoms with Crippen molar-refractivity contribution in [2.45, 2.75) is 19.8 Å². The Hall–Kier alpha value is -3.10. The first-order chi connectivity index (χ1) is 11.0. The van der Waals surface area contributed by atoms with Gasteiger partial charge >= 0.3 is 0 Å². The summed E-state index contributed by atoms with van der Waals surface area (Å²) in [5, 5.41) is 18.3. The number of nitrogens with one attached hydrogen (secondary N) is 2. The molecule has 1 aromatic carbocycles. The summed E-state index contributed by atoms with van der Waals surface area (Å²) in [5.74, 6) is -1.01. The summed E-state index contributed by atoms with van der Waals surface area (Å²) in [6, 6.07) is 6.06. The second-order valence-corrected chi connectivity index (χ2v) is 4.93. The predicted octanol–water partition coefficient (Wildman–Crippen LogP) is 0.947. The Balaban J connectivity index is 1.86. The molecule has 23 heavy (non-hydrogen) atoms. The molecule has 1 atom stereocenters. The third kappa shape index (κ3) is 4.19.